The summed E-state index contributed by atoms with van der Waals surface area (Å²) in [6.07, 6.45) is 3.55. The molecule has 2 atom stereocenters. The van der Waals surface area contributed by atoms with Crippen LogP contribution in [0, 0.1) is 5.82 Å². The molecule has 2 aliphatic heterocycles. The first-order valence-electron chi connectivity index (χ1n) is 9.08. The van der Waals surface area contributed by atoms with E-state index in [0.717, 1.165) is 5.56 Å². The van der Waals surface area contributed by atoms with E-state index in [9.17, 15) is 9.18 Å². The molecule has 0 unspecified atom stereocenters. The lowest BCUT2D eigenvalue weighted by molar-refractivity contribution is 0.0838. The molecule has 2 aromatic rings. The average molecular weight is 383 g/mol. The molecule has 2 N–H and O–H groups in total. The first kappa shape index (κ1) is 18.2. The zero-order chi connectivity index (χ0) is 20.1. The molecule has 0 aliphatic carbocycles. The number of fused-ring (bicyclic) bond motifs is 2. The predicted octanol–water partition coefficient (Wildman–Crippen LogP) is 2.75. The van der Waals surface area contributed by atoms with Gasteiger partial charge >= 0.3 is 0 Å². The van der Waals surface area contributed by atoms with Gasteiger partial charge in [-0.25, -0.2) is 4.39 Å². The van der Waals surface area contributed by atoms with E-state index in [1.54, 1.807) is 17.8 Å². The first-order valence-corrected chi connectivity index (χ1v) is 9.08. The van der Waals surface area contributed by atoms with Gasteiger partial charge in [0.1, 0.15) is 34.4 Å². The van der Waals surface area contributed by atoms with Crippen molar-refractivity contribution in [2.75, 3.05) is 11.9 Å². The Bertz CT molecular complexity index is 1010. The molecule has 1 aromatic heterocycles. The van der Waals surface area contributed by atoms with Crippen molar-refractivity contribution in [1.29, 1.82) is 0 Å². The standard InChI is InChI=1S/C20H22FN5O2/c1-5-16-24-11(2)14-7-13(21)6-12-8-20(3,28-17(12)14)10-22-19(27)15-9-23-26(4)18(15)25-16/h5-7,9,11H,1,8,10H2,2-4H3,(H,22,27)(H,24,25)/t11-,20+/m1/s1. The number of ether oxygens (including phenoxy) is 1. The van der Waals surface area contributed by atoms with Crippen LogP contribution in [-0.4, -0.2) is 33.7 Å². The summed E-state index contributed by atoms with van der Waals surface area (Å²) in [5, 5.41) is 10.2. The fraction of sp³-hybridized carbons (Fsp3) is 0.350. The Labute approximate surface area is 162 Å². The highest BCUT2D eigenvalue weighted by molar-refractivity contribution is 6.07. The van der Waals surface area contributed by atoms with Gasteiger partial charge in [0.25, 0.3) is 5.91 Å². The van der Waals surface area contributed by atoms with Crippen LogP contribution in [0.25, 0.3) is 0 Å². The summed E-state index contributed by atoms with van der Waals surface area (Å²) in [4.78, 5) is 17.4. The van der Waals surface area contributed by atoms with E-state index in [1.807, 2.05) is 13.8 Å². The number of aromatic nitrogens is 2. The molecule has 1 aromatic carbocycles. The molecule has 146 valence electrons. The number of nitrogens with one attached hydrogen (secondary N) is 2. The van der Waals surface area contributed by atoms with Crippen molar-refractivity contribution in [3.63, 3.8) is 0 Å². The topological polar surface area (TPSA) is 80.5 Å². The molecule has 8 heteroatoms. The van der Waals surface area contributed by atoms with Gasteiger partial charge in [0.05, 0.1) is 18.8 Å². The van der Waals surface area contributed by atoms with Crippen LogP contribution in [-0.2, 0) is 13.5 Å². The maximum absolute atomic E-state index is 14.2. The highest BCUT2D eigenvalue weighted by Crippen LogP contribution is 2.41. The maximum Gasteiger partial charge on any atom is 0.256 e. The molecule has 0 saturated carbocycles. The molecular weight excluding hydrogens is 361 g/mol. The van der Waals surface area contributed by atoms with Gasteiger partial charge in [0.15, 0.2) is 0 Å². The molecule has 0 radical (unpaired) electrons. The van der Waals surface area contributed by atoms with Gasteiger partial charge in [-0.05, 0) is 32.1 Å². The quantitative estimate of drug-likeness (QED) is 0.794. The number of aliphatic imine (C=N–C) groups is 1. The fourth-order valence-electron chi connectivity index (χ4n) is 3.67. The van der Waals surface area contributed by atoms with Crippen molar-refractivity contribution in [2.24, 2.45) is 12.0 Å². The maximum atomic E-state index is 14.2. The lowest BCUT2D eigenvalue weighted by Gasteiger charge is -2.25. The Hall–Kier alpha value is -3.16. The van der Waals surface area contributed by atoms with E-state index in [4.69, 9.17) is 4.74 Å². The minimum absolute atomic E-state index is 0.277. The van der Waals surface area contributed by atoms with E-state index in [2.05, 4.69) is 27.3 Å². The van der Waals surface area contributed by atoms with Gasteiger partial charge in [-0.15, -0.1) is 0 Å². The Morgan fingerprint density at radius 1 is 1.46 bits per heavy atom. The number of aryl methyl sites for hydroxylation is 1. The second kappa shape index (κ2) is 6.47. The second-order valence-electron chi connectivity index (χ2n) is 7.44. The van der Waals surface area contributed by atoms with Crippen LogP contribution in [0.15, 0.2) is 36.0 Å². The predicted molar refractivity (Wildman–Crippen MR) is 104 cm³/mol. The Balaban J connectivity index is 1.86. The normalized spacial score (nSPS) is 23.8. The summed E-state index contributed by atoms with van der Waals surface area (Å²) in [5.74, 6) is 0.974. The van der Waals surface area contributed by atoms with Gasteiger partial charge in [0, 0.05) is 24.6 Å². The number of hydrogen-bond donors (Lipinski definition) is 2. The smallest absolute Gasteiger partial charge is 0.256 e. The monoisotopic (exact) mass is 383 g/mol. The first-order chi connectivity index (χ1) is 13.3. The van der Waals surface area contributed by atoms with Crippen molar-refractivity contribution in [3.05, 3.63) is 53.5 Å². The molecule has 1 amide bonds. The number of benzene rings is 1. The number of nitrogens with zero attached hydrogens (tertiary/aromatic N) is 3. The number of hydrogen-bond acceptors (Lipinski definition) is 5. The third-order valence-corrected chi connectivity index (χ3v) is 5.10. The summed E-state index contributed by atoms with van der Waals surface area (Å²) in [6, 6.07) is 2.56. The lowest BCUT2D eigenvalue weighted by Crippen LogP contribution is -2.44. The molecule has 0 saturated heterocycles. The number of amidine groups is 1. The number of amides is 1. The molecule has 2 bridgehead atoms. The molecule has 28 heavy (non-hydrogen) atoms. The minimum Gasteiger partial charge on any atom is -0.485 e. The third-order valence-electron chi connectivity index (χ3n) is 5.10. The number of halogens is 1. The molecule has 7 nitrogen and oxygen atoms in total. The zero-order valence-electron chi connectivity index (χ0n) is 16.0. The van der Waals surface area contributed by atoms with Crippen LogP contribution in [0.5, 0.6) is 5.75 Å². The Morgan fingerprint density at radius 3 is 3.00 bits per heavy atom. The molecular formula is C20H22FN5O2. The molecule has 4 rings (SSSR count). The van der Waals surface area contributed by atoms with Crippen molar-refractivity contribution in [1.82, 2.24) is 15.1 Å². The van der Waals surface area contributed by atoms with Crippen molar-refractivity contribution in [3.8, 4) is 5.75 Å². The summed E-state index contributed by atoms with van der Waals surface area (Å²) >= 11 is 0. The van der Waals surface area contributed by atoms with Crippen LogP contribution < -0.4 is 15.4 Å². The molecule has 0 fully saturated rings. The number of anilines is 1. The molecule has 2 aliphatic rings. The van der Waals surface area contributed by atoms with E-state index in [0.29, 0.717) is 35.0 Å². The van der Waals surface area contributed by atoms with Crippen LogP contribution in [0.4, 0.5) is 10.2 Å². The largest absolute Gasteiger partial charge is 0.485 e. The SMILES string of the molecule is C=CC1=N[C@H](C)c2cc(F)cc3c2O[C@](C)(CNC(=O)c2cnn(C)c2N1)C3. The fourth-order valence-corrected chi connectivity index (χ4v) is 3.67. The van der Waals surface area contributed by atoms with Gasteiger partial charge in [0.2, 0.25) is 0 Å². The van der Waals surface area contributed by atoms with Crippen molar-refractivity contribution in [2.45, 2.75) is 31.9 Å². The van der Waals surface area contributed by atoms with Gasteiger partial charge in [-0.1, -0.05) is 6.58 Å². The Morgan fingerprint density at radius 2 is 2.25 bits per heavy atom. The Kier molecular flexibility index (Phi) is 4.21. The highest BCUT2D eigenvalue weighted by Gasteiger charge is 2.38. The van der Waals surface area contributed by atoms with Gasteiger partial charge in [-0.2, -0.15) is 5.10 Å². The lowest BCUT2D eigenvalue weighted by atomic mass is 9.97. The van der Waals surface area contributed by atoms with Crippen LogP contribution in [0.2, 0.25) is 0 Å². The van der Waals surface area contributed by atoms with Crippen molar-refractivity contribution >= 4 is 17.6 Å². The van der Waals surface area contributed by atoms with E-state index >= 15 is 0 Å². The van der Waals surface area contributed by atoms with Crippen molar-refractivity contribution < 1.29 is 13.9 Å². The second-order valence-corrected chi connectivity index (χ2v) is 7.44. The zero-order valence-corrected chi connectivity index (χ0v) is 16.0. The number of carbonyl (C=O) groups is 1. The van der Waals surface area contributed by atoms with Gasteiger partial charge < -0.3 is 15.4 Å². The summed E-state index contributed by atoms with van der Waals surface area (Å²) < 4.78 is 22.0. The number of rotatable bonds is 1. The minimum atomic E-state index is -0.672. The molecule has 0 spiro atoms. The van der Waals surface area contributed by atoms with E-state index in [-0.39, 0.29) is 24.3 Å². The number of carbonyl (C=O) groups excluding carboxylic acids is 1. The third kappa shape index (κ3) is 3.04. The summed E-state index contributed by atoms with van der Waals surface area (Å²) in [7, 11) is 1.73. The van der Waals surface area contributed by atoms with Crippen LogP contribution in [0.3, 0.4) is 0 Å². The molecule has 3 heterocycles. The van der Waals surface area contributed by atoms with Gasteiger partial charge in [-0.3, -0.25) is 14.5 Å². The van der Waals surface area contributed by atoms with E-state index < -0.39 is 5.60 Å². The average Bonchev–Trinajstić information content (AvgIpc) is 3.17. The summed E-state index contributed by atoms with van der Waals surface area (Å²) in [5.41, 5.74) is 1.17. The summed E-state index contributed by atoms with van der Waals surface area (Å²) in [6.45, 7) is 7.84. The highest BCUT2D eigenvalue weighted by atomic mass is 19.1. The van der Waals surface area contributed by atoms with Crippen LogP contribution >= 0.6 is 0 Å². The van der Waals surface area contributed by atoms with E-state index in [1.165, 1.54) is 18.3 Å². The van der Waals surface area contributed by atoms with Crippen LogP contribution in [0.1, 0.15) is 41.4 Å².